The molecule has 11 heteroatoms. The standard InChI is InChI=1S/C30H27IN2O8/c1-29(2,41-28(39)20-7-11-22(12-8-20)33-25(36)15-16-26(33)37)17-4-18-40-30(3,31)27(38)19-5-9-21(10-6-19)32-23(34)13-14-24(32)35/h5-16H,4,17-18H2,1-3H3. The lowest BCUT2D eigenvalue weighted by atomic mass is 10.0. The zero-order chi connectivity index (χ0) is 29.9. The summed E-state index contributed by atoms with van der Waals surface area (Å²) in [4.78, 5) is 75.2. The van der Waals surface area contributed by atoms with Gasteiger partial charge in [0.25, 0.3) is 23.6 Å². The van der Waals surface area contributed by atoms with E-state index in [0.717, 1.165) is 9.80 Å². The Morgan fingerprint density at radius 2 is 1.12 bits per heavy atom. The largest absolute Gasteiger partial charge is 0.456 e. The quantitative estimate of drug-likeness (QED) is 0.0865. The second-order valence-electron chi connectivity index (χ2n) is 10.1. The maximum Gasteiger partial charge on any atom is 0.338 e. The lowest BCUT2D eigenvalue weighted by molar-refractivity contribution is -0.121. The topological polar surface area (TPSA) is 127 Å². The van der Waals surface area contributed by atoms with Crippen molar-refractivity contribution in [2.75, 3.05) is 16.4 Å². The molecule has 0 saturated carbocycles. The second-order valence-corrected chi connectivity index (χ2v) is 12.2. The van der Waals surface area contributed by atoms with Crippen LogP contribution < -0.4 is 9.80 Å². The van der Waals surface area contributed by atoms with Gasteiger partial charge < -0.3 is 9.47 Å². The van der Waals surface area contributed by atoms with E-state index in [1.54, 1.807) is 32.9 Å². The molecular formula is C30H27IN2O8. The lowest BCUT2D eigenvalue weighted by Crippen LogP contribution is -2.33. The Balaban J connectivity index is 1.25. The van der Waals surface area contributed by atoms with Crippen LogP contribution in [0.2, 0.25) is 0 Å². The molecule has 2 aromatic rings. The number of ether oxygens (including phenoxy) is 2. The summed E-state index contributed by atoms with van der Waals surface area (Å²) < 4.78 is 10.4. The summed E-state index contributed by atoms with van der Waals surface area (Å²) in [5, 5.41) is 0. The molecule has 4 amide bonds. The third-order valence-corrected chi connectivity index (χ3v) is 7.24. The number of hydrogen-bond acceptors (Lipinski definition) is 8. The summed E-state index contributed by atoms with van der Waals surface area (Å²) in [5.41, 5.74) is 0.549. The van der Waals surface area contributed by atoms with E-state index in [9.17, 15) is 28.8 Å². The van der Waals surface area contributed by atoms with Crippen LogP contribution in [0.1, 0.15) is 54.3 Å². The van der Waals surface area contributed by atoms with Gasteiger partial charge in [-0.3, -0.25) is 24.0 Å². The Morgan fingerprint density at radius 3 is 1.56 bits per heavy atom. The Labute approximate surface area is 250 Å². The summed E-state index contributed by atoms with van der Waals surface area (Å²) in [6.45, 7) is 5.42. The van der Waals surface area contributed by atoms with Gasteiger partial charge in [0.05, 0.1) is 16.9 Å². The molecule has 2 heterocycles. The normalized spacial score (nSPS) is 16.5. The van der Waals surface area contributed by atoms with E-state index in [-0.39, 0.29) is 18.0 Å². The fraction of sp³-hybridized carbons (Fsp3) is 0.267. The van der Waals surface area contributed by atoms with Crippen LogP contribution in [0, 0.1) is 0 Å². The van der Waals surface area contributed by atoms with Gasteiger partial charge in [0.1, 0.15) is 5.60 Å². The number of amides is 4. The highest BCUT2D eigenvalue weighted by Crippen LogP contribution is 2.29. The van der Waals surface area contributed by atoms with E-state index in [0.29, 0.717) is 29.8 Å². The maximum atomic E-state index is 13.1. The number of rotatable bonds is 11. The molecule has 2 aliphatic rings. The van der Waals surface area contributed by atoms with Gasteiger partial charge in [-0.05, 0) is 105 Å². The molecule has 0 fully saturated rings. The molecule has 0 aromatic heterocycles. The first kappa shape index (κ1) is 30.0. The number of alkyl halides is 1. The maximum absolute atomic E-state index is 13.1. The summed E-state index contributed by atoms with van der Waals surface area (Å²) >= 11 is 1.93. The molecule has 0 spiro atoms. The first-order valence-corrected chi connectivity index (χ1v) is 13.8. The molecular weight excluding hydrogens is 643 g/mol. The van der Waals surface area contributed by atoms with Crippen molar-refractivity contribution in [3.05, 3.63) is 84.0 Å². The van der Waals surface area contributed by atoms with Gasteiger partial charge in [-0.2, -0.15) is 0 Å². The molecule has 0 radical (unpaired) electrons. The van der Waals surface area contributed by atoms with Crippen molar-refractivity contribution in [2.24, 2.45) is 0 Å². The van der Waals surface area contributed by atoms with E-state index in [4.69, 9.17) is 9.47 Å². The summed E-state index contributed by atoms with van der Waals surface area (Å²) in [7, 11) is 0. The molecule has 0 aliphatic carbocycles. The Bertz CT molecular complexity index is 1440. The van der Waals surface area contributed by atoms with Gasteiger partial charge in [0.2, 0.25) is 5.78 Å². The summed E-state index contributed by atoms with van der Waals surface area (Å²) in [5.74, 6) is -2.58. The van der Waals surface area contributed by atoms with Crippen LogP contribution in [0.4, 0.5) is 11.4 Å². The van der Waals surface area contributed by atoms with Crippen molar-refractivity contribution in [1.82, 2.24) is 0 Å². The Kier molecular flexibility index (Phi) is 8.69. The second kappa shape index (κ2) is 11.9. The molecule has 1 atom stereocenters. The van der Waals surface area contributed by atoms with Crippen LogP contribution >= 0.6 is 22.6 Å². The third kappa shape index (κ3) is 6.85. The highest BCUT2D eigenvalue weighted by atomic mass is 127. The highest BCUT2D eigenvalue weighted by Gasteiger charge is 2.33. The molecule has 2 aromatic carbocycles. The van der Waals surface area contributed by atoms with Gasteiger partial charge in [-0.15, -0.1) is 0 Å². The van der Waals surface area contributed by atoms with E-state index >= 15 is 0 Å². The number of esters is 1. The van der Waals surface area contributed by atoms with Crippen LogP contribution in [-0.4, -0.2) is 51.2 Å². The van der Waals surface area contributed by atoms with Crippen LogP contribution in [-0.2, 0) is 28.7 Å². The van der Waals surface area contributed by atoms with Crippen molar-refractivity contribution in [2.45, 2.75) is 42.8 Å². The van der Waals surface area contributed by atoms with Gasteiger partial charge in [0.15, 0.2) is 3.61 Å². The van der Waals surface area contributed by atoms with Crippen LogP contribution in [0.5, 0.6) is 0 Å². The van der Waals surface area contributed by atoms with E-state index in [1.165, 1.54) is 60.7 Å². The first-order chi connectivity index (χ1) is 19.3. The van der Waals surface area contributed by atoms with Crippen molar-refractivity contribution in [3.8, 4) is 0 Å². The monoisotopic (exact) mass is 670 g/mol. The fourth-order valence-electron chi connectivity index (χ4n) is 4.26. The smallest absolute Gasteiger partial charge is 0.338 e. The van der Waals surface area contributed by atoms with Gasteiger partial charge in [-0.1, -0.05) is 0 Å². The lowest BCUT2D eigenvalue weighted by Gasteiger charge is -2.27. The number of carbonyl (C=O) groups is 6. The number of benzene rings is 2. The predicted molar refractivity (Wildman–Crippen MR) is 158 cm³/mol. The predicted octanol–water partition coefficient (Wildman–Crippen LogP) is 4.31. The minimum Gasteiger partial charge on any atom is -0.456 e. The average molecular weight is 670 g/mol. The molecule has 41 heavy (non-hydrogen) atoms. The SMILES string of the molecule is CC(C)(CCCOC(C)(I)C(=O)c1ccc(N2C(=O)C=CC2=O)cc1)OC(=O)c1ccc(N2C(=O)C=CC2=O)cc1. The number of anilines is 2. The molecule has 4 rings (SSSR count). The zero-order valence-electron chi connectivity index (χ0n) is 22.6. The van der Waals surface area contributed by atoms with Crippen LogP contribution in [0.15, 0.2) is 72.8 Å². The van der Waals surface area contributed by atoms with E-state index < -0.39 is 38.8 Å². The molecule has 0 N–H and O–H groups in total. The summed E-state index contributed by atoms with van der Waals surface area (Å²) in [6.07, 6.45) is 5.72. The van der Waals surface area contributed by atoms with Crippen LogP contribution in [0.3, 0.4) is 0 Å². The molecule has 0 saturated heterocycles. The van der Waals surface area contributed by atoms with Crippen molar-refractivity contribution in [3.63, 3.8) is 0 Å². The fourth-order valence-corrected chi connectivity index (χ4v) is 4.80. The molecule has 0 bridgehead atoms. The zero-order valence-corrected chi connectivity index (χ0v) is 24.7. The molecule has 10 nitrogen and oxygen atoms in total. The van der Waals surface area contributed by atoms with E-state index in [1.807, 2.05) is 22.6 Å². The molecule has 1 unspecified atom stereocenters. The molecule has 2 aliphatic heterocycles. The minimum absolute atomic E-state index is 0.229. The number of halogens is 1. The number of imide groups is 2. The van der Waals surface area contributed by atoms with Crippen molar-refractivity contribution >= 4 is 69.3 Å². The minimum atomic E-state index is -1.17. The average Bonchev–Trinajstić information content (AvgIpc) is 3.45. The first-order valence-electron chi connectivity index (χ1n) is 12.7. The number of ketones is 1. The van der Waals surface area contributed by atoms with Gasteiger partial charge >= 0.3 is 5.97 Å². The number of hydrogen-bond donors (Lipinski definition) is 0. The Hall–Kier alpha value is -3.97. The number of Topliss-reactive ketones (excluding diaryl/α,β-unsaturated/α-hetero) is 1. The summed E-state index contributed by atoms with van der Waals surface area (Å²) in [6, 6.07) is 12.2. The number of nitrogens with zero attached hydrogens (tertiary/aromatic N) is 2. The van der Waals surface area contributed by atoms with Crippen molar-refractivity contribution < 1.29 is 38.2 Å². The Morgan fingerprint density at radius 1 is 0.707 bits per heavy atom. The highest BCUT2D eigenvalue weighted by molar-refractivity contribution is 14.1. The number of carbonyl (C=O) groups excluding carboxylic acids is 6. The third-order valence-electron chi connectivity index (χ3n) is 6.44. The van der Waals surface area contributed by atoms with E-state index in [2.05, 4.69) is 0 Å². The van der Waals surface area contributed by atoms with Gasteiger partial charge in [0, 0.05) is 36.5 Å². The molecule has 212 valence electrons. The van der Waals surface area contributed by atoms with Crippen molar-refractivity contribution in [1.29, 1.82) is 0 Å². The van der Waals surface area contributed by atoms with Gasteiger partial charge in [-0.25, -0.2) is 14.6 Å². The van der Waals surface area contributed by atoms with Crippen LogP contribution in [0.25, 0.3) is 0 Å².